The van der Waals surface area contributed by atoms with E-state index in [4.69, 9.17) is 14.2 Å². The van der Waals surface area contributed by atoms with Crippen LogP contribution in [0.25, 0.3) is 10.2 Å². The molecule has 0 spiro atoms. The monoisotopic (exact) mass is 400 g/mol. The van der Waals surface area contributed by atoms with Crippen LogP contribution in [0.3, 0.4) is 0 Å². The van der Waals surface area contributed by atoms with Gasteiger partial charge in [-0.15, -0.1) is 0 Å². The SMILES string of the molecule is CCCC(=O)Oc1c(OC)cc(CCc2sc3ccccc3[n+]2C)cc1OC. The van der Waals surface area contributed by atoms with Crippen molar-refractivity contribution in [2.24, 2.45) is 7.05 Å². The van der Waals surface area contributed by atoms with Crippen molar-refractivity contribution in [3.63, 3.8) is 0 Å². The number of carbonyl (C=O) groups excluding carboxylic acids is 1. The number of methoxy groups -OCH3 is 2. The van der Waals surface area contributed by atoms with E-state index in [1.807, 2.05) is 30.4 Å². The molecule has 1 heterocycles. The molecule has 1 aromatic heterocycles. The Hall–Kier alpha value is -2.60. The number of hydrogen-bond donors (Lipinski definition) is 0. The lowest BCUT2D eigenvalue weighted by Gasteiger charge is -2.15. The molecule has 0 radical (unpaired) electrons. The summed E-state index contributed by atoms with van der Waals surface area (Å²) in [6.07, 6.45) is 2.82. The summed E-state index contributed by atoms with van der Waals surface area (Å²) in [7, 11) is 5.25. The van der Waals surface area contributed by atoms with Gasteiger partial charge in [-0.25, -0.2) is 0 Å². The fourth-order valence-electron chi connectivity index (χ4n) is 3.17. The second kappa shape index (κ2) is 9.06. The predicted octanol–water partition coefficient (Wildman–Crippen LogP) is 4.23. The van der Waals surface area contributed by atoms with E-state index in [0.29, 0.717) is 23.7 Å². The molecule has 0 aliphatic carbocycles. The molecule has 0 aliphatic rings. The first-order chi connectivity index (χ1) is 13.6. The zero-order valence-corrected chi connectivity index (χ0v) is 17.6. The molecule has 0 bridgehead atoms. The molecular formula is C22H26NO4S+. The van der Waals surface area contributed by atoms with E-state index in [-0.39, 0.29) is 5.97 Å². The smallest absolute Gasteiger partial charge is 0.311 e. The van der Waals surface area contributed by atoms with Crippen LogP contribution in [0.4, 0.5) is 0 Å². The minimum Gasteiger partial charge on any atom is -0.493 e. The van der Waals surface area contributed by atoms with Crippen LogP contribution in [-0.2, 0) is 24.7 Å². The molecule has 0 fully saturated rings. The Kier molecular flexibility index (Phi) is 6.52. The molecule has 0 N–H and O–H groups in total. The fraction of sp³-hybridized carbons (Fsp3) is 0.364. The number of fused-ring (bicyclic) bond motifs is 1. The number of para-hydroxylation sites is 1. The molecule has 148 valence electrons. The van der Waals surface area contributed by atoms with E-state index < -0.39 is 0 Å². The zero-order valence-electron chi connectivity index (χ0n) is 16.8. The van der Waals surface area contributed by atoms with Gasteiger partial charge in [0.15, 0.2) is 11.5 Å². The van der Waals surface area contributed by atoms with E-state index in [0.717, 1.165) is 24.8 Å². The topological polar surface area (TPSA) is 48.6 Å². The van der Waals surface area contributed by atoms with E-state index in [1.165, 1.54) is 15.2 Å². The van der Waals surface area contributed by atoms with Gasteiger partial charge in [0, 0.05) is 18.9 Å². The lowest BCUT2D eigenvalue weighted by molar-refractivity contribution is -0.648. The maximum Gasteiger partial charge on any atom is 0.311 e. The van der Waals surface area contributed by atoms with Gasteiger partial charge in [-0.05, 0) is 36.6 Å². The summed E-state index contributed by atoms with van der Waals surface area (Å²) in [6, 6.07) is 12.3. The number of nitrogens with zero attached hydrogens (tertiary/aromatic N) is 1. The first kappa shape index (κ1) is 20.1. The number of carbonyl (C=O) groups is 1. The average Bonchev–Trinajstić information content (AvgIpc) is 3.03. The number of rotatable bonds is 8. The van der Waals surface area contributed by atoms with Gasteiger partial charge in [-0.1, -0.05) is 30.4 Å². The third kappa shape index (κ3) is 4.28. The third-order valence-electron chi connectivity index (χ3n) is 4.65. The molecule has 0 atom stereocenters. The van der Waals surface area contributed by atoms with Gasteiger partial charge >= 0.3 is 5.97 Å². The molecule has 2 aromatic carbocycles. The summed E-state index contributed by atoms with van der Waals surface area (Å²) in [5, 5.41) is 1.30. The Balaban J connectivity index is 1.83. The maximum atomic E-state index is 11.9. The molecule has 3 aromatic rings. The Morgan fingerprint density at radius 2 is 1.75 bits per heavy atom. The van der Waals surface area contributed by atoms with Gasteiger partial charge in [-0.2, -0.15) is 4.57 Å². The van der Waals surface area contributed by atoms with Crippen molar-refractivity contribution in [3.8, 4) is 17.2 Å². The van der Waals surface area contributed by atoms with E-state index in [1.54, 1.807) is 14.2 Å². The first-order valence-corrected chi connectivity index (χ1v) is 10.2. The molecule has 0 unspecified atom stereocenters. The van der Waals surface area contributed by atoms with Crippen LogP contribution in [0.1, 0.15) is 30.3 Å². The van der Waals surface area contributed by atoms with Crippen molar-refractivity contribution in [1.82, 2.24) is 0 Å². The molecule has 6 heteroatoms. The van der Waals surface area contributed by atoms with E-state index in [9.17, 15) is 4.79 Å². The Labute approximate surface area is 169 Å². The molecule has 0 saturated heterocycles. The fourth-order valence-corrected chi connectivity index (χ4v) is 4.32. The highest BCUT2D eigenvalue weighted by Gasteiger charge is 2.20. The van der Waals surface area contributed by atoms with Crippen molar-refractivity contribution in [3.05, 3.63) is 47.0 Å². The third-order valence-corrected chi connectivity index (χ3v) is 5.93. The van der Waals surface area contributed by atoms with Crippen molar-refractivity contribution >= 4 is 27.5 Å². The van der Waals surface area contributed by atoms with Gasteiger partial charge in [0.05, 0.1) is 14.2 Å². The maximum absolute atomic E-state index is 11.9. The summed E-state index contributed by atoms with van der Waals surface area (Å²) in [4.78, 5) is 11.9. The van der Waals surface area contributed by atoms with Gasteiger partial charge in [0.1, 0.15) is 11.7 Å². The van der Waals surface area contributed by atoms with Crippen LogP contribution in [0.5, 0.6) is 17.2 Å². The van der Waals surface area contributed by atoms with Crippen LogP contribution in [-0.4, -0.2) is 20.2 Å². The van der Waals surface area contributed by atoms with Gasteiger partial charge < -0.3 is 14.2 Å². The van der Waals surface area contributed by atoms with Crippen LogP contribution in [0.2, 0.25) is 0 Å². The quantitative estimate of drug-likeness (QED) is 0.322. The summed E-state index contributed by atoms with van der Waals surface area (Å²) in [5.74, 6) is 1.09. The highest BCUT2D eigenvalue weighted by molar-refractivity contribution is 7.18. The molecule has 0 amide bonds. The predicted molar refractivity (Wildman–Crippen MR) is 110 cm³/mol. The Morgan fingerprint density at radius 3 is 2.36 bits per heavy atom. The number of benzene rings is 2. The largest absolute Gasteiger partial charge is 0.493 e. The lowest BCUT2D eigenvalue weighted by atomic mass is 10.1. The van der Waals surface area contributed by atoms with Crippen LogP contribution >= 0.6 is 11.3 Å². The normalized spacial score (nSPS) is 10.9. The van der Waals surface area contributed by atoms with Crippen molar-refractivity contribution in [1.29, 1.82) is 0 Å². The van der Waals surface area contributed by atoms with Gasteiger partial charge in [0.2, 0.25) is 16.3 Å². The van der Waals surface area contributed by atoms with Crippen LogP contribution < -0.4 is 18.8 Å². The summed E-state index contributed by atoms with van der Waals surface area (Å²) >= 11 is 1.81. The van der Waals surface area contributed by atoms with Crippen molar-refractivity contribution in [2.75, 3.05) is 14.2 Å². The number of hydrogen-bond acceptors (Lipinski definition) is 5. The van der Waals surface area contributed by atoms with Crippen molar-refractivity contribution in [2.45, 2.75) is 32.6 Å². The molecule has 0 saturated carbocycles. The number of esters is 1. The molecule has 28 heavy (non-hydrogen) atoms. The van der Waals surface area contributed by atoms with Crippen molar-refractivity contribution < 1.29 is 23.6 Å². The Morgan fingerprint density at radius 1 is 1.07 bits per heavy atom. The van der Waals surface area contributed by atoms with Crippen LogP contribution in [0.15, 0.2) is 36.4 Å². The van der Waals surface area contributed by atoms with E-state index >= 15 is 0 Å². The number of aromatic nitrogens is 1. The molecule has 5 nitrogen and oxygen atoms in total. The average molecular weight is 401 g/mol. The summed E-state index contributed by atoms with van der Waals surface area (Å²) < 4.78 is 20.0. The highest BCUT2D eigenvalue weighted by atomic mass is 32.1. The minimum atomic E-state index is -0.288. The second-order valence-electron chi connectivity index (χ2n) is 6.58. The number of aryl methyl sites for hydroxylation is 3. The Bertz CT molecular complexity index is 955. The van der Waals surface area contributed by atoms with E-state index in [2.05, 4.69) is 35.9 Å². The summed E-state index contributed by atoms with van der Waals surface area (Å²) in [6.45, 7) is 1.94. The van der Waals surface area contributed by atoms with Crippen LogP contribution in [0, 0.1) is 0 Å². The molecular weight excluding hydrogens is 374 g/mol. The lowest BCUT2D eigenvalue weighted by Crippen LogP contribution is -2.30. The first-order valence-electron chi connectivity index (χ1n) is 9.39. The second-order valence-corrected chi connectivity index (χ2v) is 7.69. The van der Waals surface area contributed by atoms with Gasteiger partial charge in [-0.3, -0.25) is 4.79 Å². The number of ether oxygens (including phenoxy) is 3. The minimum absolute atomic E-state index is 0.288. The summed E-state index contributed by atoms with van der Waals surface area (Å²) in [5.41, 5.74) is 2.32. The molecule has 3 rings (SSSR count). The zero-order chi connectivity index (χ0) is 20.1. The number of thiazole rings is 1. The van der Waals surface area contributed by atoms with Gasteiger partial charge in [0.25, 0.3) is 0 Å². The highest BCUT2D eigenvalue weighted by Crippen LogP contribution is 2.39. The molecule has 0 aliphatic heterocycles. The standard InChI is InChI=1S/C22H26NO4S/c1-5-8-21(24)27-22-17(25-3)13-15(14-18(22)26-4)11-12-20-23(2)16-9-6-7-10-19(16)28-20/h6-7,9-10,13-14H,5,8,11-12H2,1-4H3/q+1.